The molecular formula is C19H26BrNO4. The van der Waals surface area contributed by atoms with Crippen molar-refractivity contribution < 1.29 is 19.4 Å². The van der Waals surface area contributed by atoms with Crippen molar-refractivity contribution in [3.05, 3.63) is 27.7 Å². The first-order valence-corrected chi connectivity index (χ1v) is 9.56. The van der Waals surface area contributed by atoms with Gasteiger partial charge in [-0.1, -0.05) is 6.07 Å². The van der Waals surface area contributed by atoms with Crippen molar-refractivity contribution in [3.8, 4) is 5.75 Å². The number of nitrogens with one attached hydrogen (secondary N) is 1. The molecule has 1 saturated carbocycles. The van der Waals surface area contributed by atoms with Crippen molar-refractivity contribution in [2.75, 3.05) is 13.2 Å². The number of amides is 1. The highest BCUT2D eigenvalue weighted by atomic mass is 79.9. The average Bonchev–Trinajstić information content (AvgIpc) is 3.12. The summed E-state index contributed by atoms with van der Waals surface area (Å²) in [6, 6.07) is 4.04. The number of carbonyl (C=O) groups is 1. The fourth-order valence-corrected chi connectivity index (χ4v) is 3.82. The molecule has 6 heteroatoms. The van der Waals surface area contributed by atoms with E-state index in [1.807, 2.05) is 26.8 Å². The van der Waals surface area contributed by atoms with Gasteiger partial charge in [0.15, 0.2) is 0 Å². The van der Waals surface area contributed by atoms with Gasteiger partial charge in [-0.2, -0.15) is 0 Å². The molecule has 138 valence electrons. The first-order chi connectivity index (χ1) is 11.7. The quantitative estimate of drug-likeness (QED) is 0.776. The van der Waals surface area contributed by atoms with Crippen molar-refractivity contribution in [2.45, 2.75) is 57.6 Å². The van der Waals surface area contributed by atoms with E-state index in [0.29, 0.717) is 12.5 Å². The normalized spacial score (nSPS) is 20.8. The Morgan fingerprint density at radius 3 is 2.68 bits per heavy atom. The van der Waals surface area contributed by atoms with Crippen LogP contribution in [0.5, 0.6) is 5.75 Å². The van der Waals surface area contributed by atoms with Crippen LogP contribution in [0.1, 0.15) is 44.7 Å². The Morgan fingerprint density at radius 1 is 1.36 bits per heavy atom. The summed E-state index contributed by atoms with van der Waals surface area (Å²) in [6.45, 7) is 6.19. The van der Waals surface area contributed by atoms with E-state index in [9.17, 15) is 9.90 Å². The van der Waals surface area contributed by atoms with Crippen LogP contribution in [0.3, 0.4) is 0 Å². The predicted molar refractivity (Wildman–Crippen MR) is 99.0 cm³/mol. The number of alkyl carbamates (subject to hydrolysis) is 1. The molecule has 1 unspecified atom stereocenters. The number of aliphatic hydroxyl groups excluding tert-OH is 1. The highest BCUT2D eigenvalue weighted by Gasteiger charge is 2.46. The molecule has 0 radical (unpaired) electrons. The maximum atomic E-state index is 12.0. The molecule has 2 N–H and O–H groups in total. The highest BCUT2D eigenvalue weighted by molar-refractivity contribution is 9.10. The molecule has 0 aliphatic heterocycles. The van der Waals surface area contributed by atoms with E-state index < -0.39 is 11.7 Å². The number of aliphatic hydroxyl groups is 1. The zero-order valence-corrected chi connectivity index (χ0v) is 16.6. The van der Waals surface area contributed by atoms with Crippen LogP contribution in [-0.4, -0.2) is 35.6 Å². The number of halogens is 1. The Morgan fingerprint density at radius 2 is 2.08 bits per heavy atom. The first-order valence-electron chi connectivity index (χ1n) is 8.76. The van der Waals surface area contributed by atoms with Gasteiger partial charge in [0.05, 0.1) is 10.0 Å². The summed E-state index contributed by atoms with van der Waals surface area (Å²) in [6.07, 6.45) is 3.16. The smallest absolute Gasteiger partial charge is 0.408 e. The third-order valence-corrected chi connectivity index (χ3v) is 5.56. The lowest BCUT2D eigenvalue weighted by Gasteiger charge is -2.24. The van der Waals surface area contributed by atoms with Crippen LogP contribution in [-0.2, 0) is 17.6 Å². The van der Waals surface area contributed by atoms with Gasteiger partial charge in [0.25, 0.3) is 0 Å². The molecule has 1 amide bonds. The van der Waals surface area contributed by atoms with Crippen LogP contribution < -0.4 is 10.1 Å². The molecule has 1 fully saturated rings. The average molecular weight is 412 g/mol. The van der Waals surface area contributed by atoms with Crippen molar-refractivity contribution in [2.24, 2.45) is 5.92 Å². The molecule has 1 aromatic rings. The predicted octanol–water partition coefficient (Wildman–Crippen LogP) is 3.59. The minimum absolute atomic E-state index is 0.209. The zero-order chi connectivity index (χ0) is 18.2. The zero-order valence-electron chi connectivity index (χ0n) is 15.0. The SMILES string of the molecule is CC(C)(C)OC(=O)NC1(COc2ccc3c(c2Br)CC(CO)C3)CC1. The summed E-state index contributed by atoms with van der Waals surface area (Å²) in [7, 11) is 0. The van der Waals surface area contributed by atoms with E-state index in [1.165, 1.54) is 11.1 Å². The lowest BCUT2D eigenvalue weighted by molar-refractivity contribution is 0.0477. The molecule has 0 heterocycles. The Labute approximate surface area is 157 Å². The van der Waals surface area contributed by atoms with E-state index in [1.54, 1.807) is 0 Å². The van der Waals surface area contributed by atoms with Crippen molar-refractivity contribution in [1.29, 1.82) is 0 Å². The molecule has 1 aromatic carbocycles. The third-order valence-electron chi connectivity index (χ3n) is 4.69. The van der Waals surface area contributed by atoms with Gasteiger partial charge < -0.3 is 19.9 Å². The minimum atomic E-state index is -0.507. The van der Waals surface area contributed by atoms with Gasteiger partial charge in [-0.05, 0) is 85.5 Å². The largest absolute Gasteiger partial charge is 0.490 e. The lowest BCUT2D eigenvalue weighted by Crippen LogP contribution is -2.44. The second-order valence-corrected chi connectivity index (χ2v) is 8.96. The molecular weight excluding hydrogens is 386 g/mol. The summed E-state index contributed by atoms with van der Waals surface area (Å²) >= 11 is 3.65. The van der Waals surface area contributed by atoms with Gasteiger partial charge in [-0.25, -0.2) is 4.79 Å². The maximum Gasteiger partial charge on any atom is 0.408 e. The van der Waals surface area contributed by atoms with E-state index >= 15 is 0 Å². The summed E-state index contributed by atoms with van der Waals surface area (Å²) in [5.41, 5.74) is 1.66. The number of fused-ring (bicyclic) bond motifs is 1. The van der Waals surface area contributed by atoms with Crippen LogP contribution in [0, 0.1) is 5.92 Å². The monoisotopic (exact) mass is 411 g/mol. The van der Waals surface area contributed by atoms with E-state index in [2.05, 4.69) is 27.3 Å². The van der Waals surface area contributed by atoms with Crippen molar-refractivity contribution in [3.63, 3.8) is 0 Å². The fourth-order valence-electron chi connectivity index (χ4n) is 3.16. The Hall–Kier alpha value is -1.27. The van der Waals surface area contributed by atoms with Gasteiger partial charge in [0, 0.05) is 6.61 Å². The van der Waals surface area contributed by atoms with Crippen molar-refractivity contribution in [1.82, 2.24) is 5.32 Å². The molecule has 2 aliphatic carbocycles. The van der Waals surface area contributed by atoms with E-state index in [-0.39, 0.29) is 12.1 Å². The number of hydrogen-bond acceptors (Lipinski definition) is 4. The summed E-state index contributed by atoms with van der Waals surface area (Å²) < 4.78 is 12.3. The Bertz CT molecular complexity index is 664. The van der Waals surface area contributed by atoms with E-state index in [0.717, 1.165) is 35.9 Å². The lowest BCUT2D eigenvalue weighted by atomic mass is 10.1. The van der Waals surface area contributed by atoms with Crippen LogP contribution in [0.25, 0.3) is 0 Å². The standard InChI is InChI=1S/C19H26BrNO4/c1-18(2,3)25-17(23)21-19(6-7-19)11-24-15-5-4-13-8-12(10-22)9-14(13)16(15)20/h4-5,12,22H,6-11H2,1-3H3,(H,21,23). The summed E-state index contributed by atoms with van der Waals surface area (Å²) in [5.74, 6) is 1.08. The molecule has 0 aromatic heterocycles. The number of benzene rings is 1. The van der Waals surface area contributed by atoms with Gasteiger partial charge in [-0.3, -0.25) is 0 Å². The molecule has 3 rings (SSSR count). The van der Waals surface area contributed by atoms with Crippen LogP contribution in [0.2, 0.25) is 0 Å². The summed E-state index contributed by atoms with van der Waals surface area (Å²) in [5, 5.41) is 12.3. The fraction of sp³-hybridized carbons (Fsp3) is 0.632. The van der Waals surface area contributed by atoms with Gasteiger partial charge in [-0.15, -0.1) is 0 Å². The second kappa shape index (κ2) is 6.80. The molecule has 25 heavy (non-hydrogen) atoms. The molecule has 0 saturated heterocycles. The van der Waals surface area contributed by atoms with Gasteiger partial charge in [0.1, 0.15) is 18.0 Å². The van der Waals surface area contributed by atoms with Crippen molar-refractivity contribution >= 4 is 22.0 Å². The highest BCUT2D eigenvalue weighted by Crippen LogP contribution is 2.40. The number of hydrogen-bond donors (Lipinski definition) is 2. The number of rotatable bonds is 5. The minimum Gasteiger partial charge on any atom is -0.490 e. The third kappa shape index (κ3) is 4.47. The topological polar surface area (TPSA) is 67.8 Å². The molecule has 0 bridgehead atoms. The van der Waals surface area contributed by atoms with Gasteiger partial charge in [0.2, 0.25) is 0 Å². The molecule has 5 nitrogen and oxygen atoms in total. The Balaban J connectivity index is 1.60. The maximum absolute atomic E-state index is 12.0. The van der Waals surface area contributed by atoms with Crippen LogP contribution in [0.15, 0.2) is 16.6 Å². The van der Waals surface area contributed by atoms with E-state index in [4.69, 9.17) is 9.47 Å². The van der Waals surface area contributed by atoms with Gasteiger partial charge >= 0.3 is 6.09 Å². The Kier molecular flexibility index (Phi) is 5.04. The number of carbonyl (C=O) groups excluding carboxylic acids is 1. The van der Waals surface area contributed by atoms with Crippen LogP contribution >= 0.6 is 15.9 Å². The first kappa shape index (κ1) is 18.5. The molecule has 2 aliphatic rings. The number of ether oxygens (including phenoxy) is 2. The summed E-state index contributed by atoms with van der Waals surface area (Å²) in [4.78, 5) is 12.0. The van der Waals surface area contributed by atoms with Crippen LogP contribution in [0.4, 0.5) is 4.79 Å². The molecule has 1 atom stereocenters. The molecule has 0 spiro atoms. The second-order valence-electron chi connectivity index (χ2n) is 8.17.